The van der Waals surface area contributed by atoms with E-state index < -0.39 is 17.7 Å². The maximum Gasteiger partial charge on any atom is 0.408 e. The van der Waals surface area contributed by atoms with Crippen LogP contribution < -0.4 is 10.1 Å². The number of carboxylic acid groups (broad SMARTS) is 1. The first kappa shape index (κ1) is 24.4. The molecule has 0 radical (unpaired) electrons. The minimum absolute atomic E-state index is 0.0500. The van der Waals surface area contributed by atoms with Crippen molar-refractivity contribution < 1.29 is 29.3 Å². The van der Waals surface area contributed by atoms with Gasteiger partial charge in [-0.15, -0.1) is 0 Å². The average Bonchev–Trinajstić information content (AvgIpc) is 2.77. The highest BCUT2D eigenvalue weighted by Crippen LogP contribution is 2.35. The number of nitrogens with zero attached hydrogens (tertiary/aromatic N) is 1. The Morgan fingerprint density at radius 1 is 1.15 bits per heavy atom. The summed E-state index contributed by atoms with van der Waals surface area (Å²) in [6.45, 7) is 7.05. The predicted octanol–water partition coefficient (Wildman–Crippen LogP) is 4.40. The number of aromatic hydroxyl groups is 1. The highest BCUT2D eigenvalue weighted by Gasteiger charge is 2.20. The second-order valence-electron chi connectivity index (χ2n) is 8.54. The van der Waals surface area contributed by atoms with Crippen LogP contribution in [0.2, 0.25) is 0 Å². The summed E-state index contributed by atoms with van der Waals surface area (Å²) in [7, 11) is 0. The number of ether oxygens (including phenoxy) is 2. The molecular formula is C26H26N2O6. The lowest BCUT2D eigenvalue weighted by Gasteiger charge is -2.19. The van der Waals surface area contributed by atoms with E-state index in [1.54, 1.807) is 32.9 Å². The molecule has 0 unspecified atom stereocenters. The Morgan fingerprint density at radius 2 is 1.85 bits per heavy atom. The van der Waals surface area contributed by atoms with Gasteiger partial charge >= 0.3 is 12.1 Å². The molecule has 0 saturated heterocycles. The smallest absolute Gasteiger partial charge is 0.408 e. The number of alkyl carbamates (subject to hydrolysis) is 1. The second kappa shape index (κ2) is 10.1. The summed E-state index contributed by atoms with van der Waals surface area (Å²) >= 11 is 0. The first-order chi connectivity index (χ1) is 16.0. The molecule has 1 amide bonds. The van der Waals surface area contributed by atoms with Gasteiger partial charge in [-0.05, 0) is 45.4 Å². The van der Waals surface area contributed by atoms with Gasteiger partial charge in [-0.2, -0.15) is 0 Å². The number of carbonyl (C=O) groups excluding carboxylic acids is 1. The van der Waals surface area contributed by atoms with Crippen LogP contribution in [0.5, 0.6) is 11.5 Å². The highest BCUT2D eigenvalue weighted by molar-refractivity contribution is 5.98. The van der Waals surface area contributed by atoms with Gasteiger partial charge in [0, 0.05) is 16.5 Å². The summed E-state index contributed by atoms with van der Waals surface area (Å²) in [5.74, 6) is 4.58. The van der Waals surface area contributed by atoms with E-state index in [-0.39, 0.29) is 41.4 Å². The first-order valence-electron chi connectivity index (χ1n) is 10.6. The molecule has 0 aliphatic rings. The lowest BCUT2D eigenvalue weighted by molar-refractivity contribution is 0.0534. The molecule has 3 N–H and O–H groups in total. The Bertz CT molecular complexity index is 1280. The van der Waals surface area contributed by atoms with Crippen LogP contribution in [-0.4, -0.2) is 39.4 Å². The number of benzene rings is 2. The van der Waals surface area contributed by atoms with Gasteiger partial charge < -0.3 is 25.0 Å². The quantitative estimate of drug-likeness (QED) is 0.481. The molecule has 0 saturated carbocycles. The molecule has 0 aliphatic carbocycles. The van der Waals surface area contributed by atoms with Crippen molar-refractivity contribution in [1.29, 1.82) is 0 Å². The Labute approximate surface area is 197 Å². The number of aromatic carboxylic acids is 1. The molecular weight excluding hydrogens is 436 g/mol. The summed E-state index contributed by atoms with van der Waals surface area (Å²) in [6, 6.07) is 12.7. The third-order valence-electron chi connectivity index (χ3n) is 4.66. The van der Waals surface area contributed by atoms with E-state index in [4.69, 9.17) is 9.47 Å². The molecule has 3 aromatic rings. The van der Waals surface area contributed by atoms with Crippen LogP contribution in [-0.2, 0) is 11.3 Å². The van der Waals surface area contributed by atoms with Crippen LogP contribution in [0.3, 0.4) is 0 Å². The zero-order chi connectivity index (χ0) is 24.9. The van der Waals surface area contributed by atoms with Crippen LogP contribution in [0.1, 0.15) is 48.0 Å². The maximum atomic E-state index is 11.8. The van der Waals surface area contributed by atoms with Gasteiger partial charge in [-0.3, -0.25) is 0 Å². The van der Waals surface area contributed by atoms with E-state index in [1.807, 2.05) is 30.3 Å². The van der Waals surface area contributed by atoms with Crippen molar-refractivity contribution in [2.24, 2.45) is 0 Å². The molecule has 34 heavy (non-hydrogen) atoms. The molecule has 0 atom stereocenters. The standard InChI is InChI=1S/C26H26N2O6/c1-16-21(24(30)31)28-22-19(23(16)29)13-18(11-8-12-27-25(32)34-26(2,3)4)14-20(22)33-15-17-9-6-5-7-10-17/h5-7,9-10,13-14H,12,15H2,1-4H3,(H,27,32)(H,28,29)(H,30,31). The fourth-order valence-electron chi connectivity index (χ4n) is 3.12. The number of hydrogen-bond acceptors (Lipinski definition) is 6. The lowest BCUT2D eigenvalue weighted by atomic mass is 10.0. The topological polar surface area (TPSA) is 118 Å². The third-order valence-corrected chi connectivity index (χ3v) is 4.66. The zero-order valence-electron chi connectivity index (χ0n) is 19.4. The van der Waals surface area contributed by atoms with Crippen LogP contribution in [0, 0.1) is 18.8 Å². The van der Waals surface area contributed by atoms with Crippen LogP contribution in [0.15, 0.2) is 42.5 Å². The van der Waals surface area contributed by atoms with E-state index in [2.05, 4.69) is 22.1 Å². The molecule has 0 spiro atoms. The number of nitrogens with one attached hydrogen (secondary N) is 1. The molecule has 0 aliphatic heterocycles. The fraction of sp³-hybridized carbons (Fsp3) is 0.269. The van der Waals surface area contributed by atoms with Gasteiger partial charge in [-0.1, -0.05) is 42.2 Å². The number of carboxylic acids is 1. The van der Waals surface area contributed by atoms with Gasteiger partial charge in [0.15, 0.2) is 5.69 Å². The average molecular weight is 463 g/mol. The van der Waals surface area contributed by atoms with Crippen molar-refractivity contribution in [2.75, 3.05) is 6.54 Å². The summed E-state index contributed by atoms with van der Waals surface area (Å²) in [4.78, 5) is 27.6. The minimum Gasteiger partial charge on any atom is -0.507 e. The Balaban J connectivity index is 1.95. The van der Waals surface area contributed by atoms with Gasteiger partial charge in [-0.25, -0.2) is 14.6 Å². The highest BCUT2D eigenvalue weighted by atomic mass is 16.6. The van der Waals surface area contributed by atoms with Crippen molar-refractivity contribution >= 4 is 23.0 Å². The maximum absolute atomic E-state index is 11.8. The normalized spacial score (nSPS) is 10.8. The summed E-state index contributed by atoms with van der Waals surface area (Å²) in [5.41, 5.74) is 0.900. The first-order valence-corrected chi connectivity index (χ1v) is 10.6. The van der Waals surface area contributed by atoms with Crippen molar-refractivity contribution in [3.63, 3.8) is 0 Å². The SMILES string of the molecule is Cc1c(C(=O)O)nc2c(OCc3ccccc3)cc(C#CCNC(=O)OC(C)(C)C)cc2c1O. The zero-order valence-corrected chi connectivity index (χ0v) is 19.4. The number of carbonyl (C=O) groups is 2. The Hall–Kier alpha value is -4.25. The number of amides is 1. The number of pyridine rings is 1. The summed E-state index contributed by atoms with van der Waals surface area (Å²) in [6.07, 6.45) is -0.578. The molecule has 8 nitrogen and oxygen atoms in total. The molecule has 2 aromatic carbocycles. The fourth-order valence-corrected chi connectivity index (χ4v) is 3.12. The van der Waals surface area contributed by atoms with E-state index >= 15 is 0 Å². The minimum atomic E-state index is -1.25. The van der Waals surface area contributed by atoms with E-state index in [9.17, 15) is 19.8 Å². The predicted molar refractivity (Wildman–Crippen MR) is 127 cm³/mol. The molecule has 1 heterocycles. The Morgan fingerprint density at radius 3 is 2.50 bits per heavy atom. The molecule has 8 heteroatoms. The Kier molecular flexibility index (Phi) is 7.27. The van der Waals surface area contributed by atoms with Crippen LogP contribution >= 0.6 is 0 Å². The number of aromatic nitrogens is 1. The lowest BCUT2D eigenvalue weighted by Crippen LogP contribution is -2.32. The van der Waals surface area contributed by atoms with E-state index in [0.29, 0.717) is 10.9 Å². The van der Waals surface area contributed by atoms with Gasteiger partial charge in [0.25, 0.3) is 0 Å². The number of hydrogen-bond donors (Lipinski definition) is 3. The van der Waals surface area contributed by atoms with Crippen molar-refractivity contribution in [2.45, 2.75) is 39.9 Å². The van der Waals surface area contributed by atoms with Crippen molar-refractivity contribution in [3.8, 4) is 23.3 Å². The second-order valence-corrected chi connectivity index (χ2v) is 8.54. The van der Waals surface area contributed by atoms with Crippen molar-refractivity contribution in [1.82, 2.24) is 10.3 Å². The monoisotopic (exact) mass is 462 g/mol. The number of rotatable bonds is 5. The largest absolute Gasteiger partial charge is 0.507 e. The molecule has 3 rings (SSSR count). The van der Waals surface area contributed by atoms with Gasteiger partial charge in [0.2, 0.25) is 0 Å². The van der Waals surface area contributed by atoms with Crippen LogP contribution in [0.4, 0.5) is 4.79 Å². The molecule has 1 aromatic heterocycles. The van der Waals surface area contributed by atoms with Crippen molar-refractivity contribution in [3.05, 3.63) is 64.8 Å². The van der Waals surface area contributed by atoms with E-state index in [0.717, 1.165) is 5.56 Å². The molecule has 176 valence electrons. The summed E-state index contributed by atoms with van der Waals surface area (Å²) in [5, 5.41) is 23.0. The third kappa shape index (κ3) is 6.17. The molecule has 0 bridgehead atoms. The van der Waals surface area contributed by atoms with E-state index in [1.165, 1.54) is 6.92 Å². The van der Waals surface area contributed by atoms with Crippen LogP contribution in [0.25, 0.3) is 10.9 Å². The molecule has 0 fully saturated rings. The number of fused-ring (bicyclic) bond motifs is 1. The summed E-state index contributed by atoms with van der Waals surface area (Å²) < 4.78 is 11.1. The van der Waals surface area contributed by atoms with Gasteiger partial charge in [0.1, 0.15) is 29.2 Å². The van der Waals surface area contributed by atoms with Gasteiger partial charge in [0.05, 0.1) is 6.54 Å².